The van der Waals surface area contributed by atoms with E-state index < -0.39 is 0 Å². The van der Waals surface area contributed by atoms with Crippen molar-refractivity contribution in [3.05, 3.63) is 5.69 Å². The van der Waals surface area contributed by atoms with Gasteiger partial charge in [0.15, 0.2) is 0 Å². The topological polar surface area (TPSA) is 59.1 Å². The molecule has 0 amide bonds. The van der Waals surface area contributed by atoms with E-state index in [9.17, 15) is 0 Å². The largest absolute Gasteiger partial charge is 0.394 e. The third-order valence-electron chi connectivity index (χ3n) is 3.20. The Balaban J connectivity index is 1.84. The van der Waals surface area contributed by atoms with Gasteiger partial charge in [-0.1, -0.05) is 0 Å². The van der Waals surface area contributed by atoms with E-state index in [2.05, 4.69) is 22.4 Å². The fourth-order valence-electron chi connectivity index (χ4n) is 1.93. The van der Waals surface area contributed by atoms with Crippen LogP contribution in [0.15, 0.2) is 0 Å². The number of hydrogen-bond donors (Lipinski definition) is 2. The zero-order chi connectivity index (χ0) is 11.7. The van der Waals surface area contributed by atoms with E-state index in [1.54, 1.807) is 0 Å². The molecular formula is C11H21N5. The van der Waals surface area contributed by atoms with Gasteiger partial charge in [0.1, 0.15) is 5.82 Å². The second-order valence-electron chi connectivity index (χ2n) is 4.61. The minimum Gasteiger partial charge on any atom is -0.394 e. The van der Waals surface area contributed by atoms with Crippen molar-refractivity contribution in [1.29, 1.82) is 0 Å². The number of anilines is 2. The first-order chi connectivity index (χ1) is 7.59. The van der Waals surface area contributed by atoms with Gasteiger partial charge in [-0.2, -0.15) is 5.10 Å². The van der Waals surface area contributed by atoms with E-state index in [0.717, 1.165) is 36.3 Å². The van der Waals surface area contributed by atoms with Crippen LogP contribution >= 0.6 is 0 Å². The number of aromatic nitrogens is 2. The summed E-state index contributed by atoms with van der Waals surface area (Å²) in [6.45, 7) is 3.89. The molecule has 1 aromatic heterocycles. The molecule has 0 atom stereocenters. The summed E-state index contributed by atoms with van der Waals surface area (Å²) in [7, 11) is 4.09. The summed E-state index contributed by atoms with van der Waals surface area (Å²) in [6, 6.07) is 0.812. The molecule has 0 spiro atoms. The maximum Gasteiger partial charge on any atom is 0.147 e. The Bertz CT molecular complexity index is 367. The summed E-state index contributed by atoms with van der Waals surface area (Å²) < 4.78 is 1.81. The van der Waals surface area contributed by atoms with Crippen LogP contribution in [-0.2, 0) is 7.05 Å². The third kappa shape index (κ3) is 2.29. The van der Waals surface area contributed by atoms with E-state index in [4.69, 9.17) is 5.73 Å². The van der Waals surface area contributed by atoms with Gasteiger partial charge in [0.05, 0.1) is 11.4 Å². The predicted octanol–water partition coefficient (Wildman–Crippen LogP) is 0.817. The van der Waals surface area contributed by atoms with Gasteiger partial charge in [0, 0.05) is 26.2 Å². The normalized spacial score (nSPS) is 15.8. The fourth-order valence-corrected chi connectivity index (χ4v) is 1.93. The van der Waals surface area contributed by atoms with Gasteiger partial charge in [-0.3, -0.25) is 4.68 Å². The SMILES string of the molecule is Cc1nn(C)c(NCCN(C)C2CC2)c1N. The summed E-state index contributed by atoms with van der Waals surface area (Å²) in [5.41, 5.74) is 7.58. The van der Waals surface area contributed by atoms with Crippen molar-refractivity contribution < 1.29 is 0 Å². The lowest BCUT2D eigenvalue weighted by Gasteiger charge is -2.16. The van der Waals surface area contributed by atoms with Crippen LogP contribution in [0.2, 0.25) is 0 Å². The second-order valence-corrected chi connectivity index (χ2v) is 4.61. The molecule has 0 aromatic carbocycles. The van der Waals surface area contributed by atoms with Crippen LogP contribution in [0.4, 0.5) is 11.5 Å². The lowest BCUT2D eigenvalue weighted by Crippen LogP contribution is -2.27. The second kappa shape index (κ2) is 4.33. The van der Waals surface area contributed by atoms with E-state index in [-0.39, 0.29) is 0 Å². The van der Waals surface area contributed by atoms with Gasteiger partial charge in [-0.25, -0.2) is 0 Å². The number of nitrogen functional groups attached to an aromatic ring is 1. The Morgan fingerprint density at radius 2 is 2.25 bits per heavy atom. The highest BCUT2D eigenvalue weighted by Crippen LogP contribution is 2.25. The molecule has 1 saturated carbocycles. The number of nitrogens with one attached hydrogen (secondary N) is 1. The zero-order valence-electron chi connectivity index (χ0n) is 10.3. The quantitative estimate of drug-likeness (QED) is 0.776. The van der Waals surface area contributed by atoms with Crippen molar-refractivity contribution in [2.75, 3.05) is 31.2 Å². The Labute approximate surface area is 96.6 Å². The molecule has 1 heterocycles. The highest BCUT2D eigenvalue weighted by atomic mass is 15.3. The molecule has 3 N–H and O–H groups in total. The van der Waals surface area contributed by atoms with E-state index >= 15 is 0 Å². The molecule has 16 heavy (non-hydrogen) atoms. The van der Waals surface area contributed by atoms with Crippen molar-refractivity contribution in [2.45, 2.75) is 25.8 Å². The number of likely N-dealkylation sites (N-methyl/N-ethyl adjacent to an activating group) is 1. The third-order valence-corrected chi connectivity index (χ3v) is 3.20. The van der Waals surface area contributed by atoms with Crippen LogP contribution in [-0.4, -0.2) is 40.9 Å². The summed E-state index contributed by atoms with van der Waals surface area (Å²) in [5, 5.41) is 7.62. The number of aryl methyl sites for hydroxylation is 2. The first-order valence-electron chi connectivity index (χ1n) is 5.82. The van der Waals surface area contributed by atoms with Crippen molar-refractivity contribution in [3.63, 3.8) is 0 Å². The minimum absolute atomic E-state index is 0.761. The number of hydrogen-bond acceptors (Lipinski definition) is 4. The van der Waals surface area contributed by atoms with Gasteiger partial charge in [-0.05, 0) is 26.8 Å². The predicted molar refractivity (Wildman–Crippen MR) is 66.5 cm³/mol. The summed E-state index contributed by atoms with van der Waals surface area (Å²) >= 11 is 0. The molecule has 1 aliphatic carbocycles. The molecule has 1 fully saturated rings. The molecule has 0 unspecified atom stereocenters. The molecular weight excluding hydrogens is 202 g/mol. The highest BCUT2D eigenvalue weighted by molar-refractivity contribution is 5.64. The summed E-state index contributed by atoms with van der Waals surface area (Å²) in [4.78, 5) is 2.40. The molecule has 1 aliphatic rings. The lowest BCUT2D eigenvalue weighted by molar-refractivity contribution is 0.337. The van der Waals surface area contributed by atoms with Crippen molar-refractivity contribution >= 4 is 11.5 Å². The Morgan fingerprint density at radius 3 is 2.75 bits per heavy atom. The minimum atomic E-state index is 0.761. The average Bonchev–Trinajstić information content (AvgIpc) is 3.02. The smallest absolute Gasteiger partial charge is 0.147 e. The average molecular weight is 223 g/mol. The molecule has 0 aliphatic heterocycles. The maximum atomic E-state index is 5.93. The standard InChI is InChI=1S/C11H21N5/c1-8-10(12)11(16(3)14-8)13-6-7-15(2)9-4-5-9/h9,13H,4-7,12H2,1-3H3. The van der Waals surface area contributed by atoms with Crippen molar-refractivity contribution in [3.8, 4) is 0 Å². The molecule has 2 rings (SSSR count). The van der Waals surface area contributed by atoms with Crippen LogP contribution in [0.3, 0.4) is 0 Å². The number of nitrogens with zero attached hydrogens (tertiary/aromatic N) is 3. The highest BCUT2D eigenvalue weighted by Gasteiger charge is 2.25. The summed E-state index contributed by atoms with van der Waals surface area (Å²) in [5.74, 6) is 0.932. The molecule has 0 bridgehead atoms. The van der Waals surface area contributed by atoms with Gasteiger partial charge in [0.2, 0.25) is 0 Å². The molecule has 5 nitrogen and oxygen atoms in total. The number of nitrogens with two attached hydrogens (primary N) is 1. The first-order valence-corrected chi connectivity index (χ1v) is 5.82. The van der Waals surface area contributed by atoms with Gasteiger partial charge >= 0.3 is 0 Å². The van der Waals surface area contributed by atoms with E-state index in [0.29, 0.717) is 0 Å². The molecule has 1 aromatic rings. The van der Waals surface area contributed by atoms with Gasteiger partial charge < -0.3 is 16.0 Å². The molecule has 0 saturated heterocycles. The molecule has 0 radical (unpaired) electrons. The van der Waals surface area contributed by atoms with Crippen LogP contribution in [0.25, 0.3) is 0 Å². The lowest BCUT2D eigenvalue weighted by atomic mass is 10.4. The van der Waals surface area contributed by atoms with Gasteiger partial charge in [-0.15, -0.1) is 0 Å². The molecule has 90 valence electrons. The van der Waals surface area contributed by atoms with Crippen LogP contribution in [0.1, 0.15) is 18.5 Å². The maximum absolute atomic E-state index is 5.93. The van der Waals surface area contributed by atoms with E-state index in [1.807, 2.05) is 18.7 Å². The number of rotatable bonds is 5. The van der Waals surface area contributed by atoms with Crippen LogP contribution in [0, 0.1) is 6.92 Å². The van der Waals surface area contributed by atoms with E-state index in [1.165, 1.54) is 12.8 Å². The first kappa shape index (κ1) is 11.3. The summed E-state index contributed by atoms with van der Waals surface area (Å²) in [6.07, 6.45) is 2.70. The van der Waals surface area contributed by atoms with Crippen LogP contribution in [0.5, 0.6) is 0 Å². The monoisotopic (exact) mass is 223 g/mol. The molecule has 5 heteroatoms. The van der Waals surface area contributed by atoms with Crippen molar-refractivity contribution in [1.82, 2.24) is 14.7 Å². The Morgan fingerprint density at radius 1 is 1.56 bits per heavy atom. The fraction of sp³-hybridized carbons (Fsp3) is 0.727. The van der Waals surface area contributed by atoms with Crippen molar-refractivity contribution in [2.24, 2.45) is 7.05 Å². The Hall–Kier alpha value is -1.23. The zero-order valence-corrected chi connectivity index (χ0v) is 10.3. The Kier molecular flexibility index (Phi) is 3.05. The van der Waals surface area contributed by atoms with Gasteiger partial charge in [0.25, 0.3) is 0 Å². The van der Waals surface area contributed by atoms with Crippen LogP contribution < -0.4 is 11.1 Å².